The molecule has 0 aliphatic heterocycles. The van der Waals surface area contributed by atoms with Crippen LogP contribution in [0.2, 0.25) is 0 Å². The van der Waals surface area contributed by atoms with Crippen LogP contribution in [0.5, 0.6) is 0 Å². The van der Waals surface area contributed by atoms with E-state index in [0.29, 0.717) is 4.13 Å². The summed E-state index contributed by atoms with van der Waals surface area (Å²) in [6.07, 6.45) is -3.71. The largest absolute Gasteiger partial charge is 0.467 e. The standard InChI is InChI=1S/C11H26P.C4F10NO4S2/c1-5-9-10-11-12(6-2,7-3)8-4;5-1(6,7)3(11,12)20(16,17)15-21(18,19)4(13,14)2(8,9)10/h5-11H2,1-4H3;/q+1;-1. The van der Waals surface area contributed by atoms with E-state index < -0.39 is 50.2 Å². The van der Waals surface area contributed by atoms with Crippen LogP contribution in [0.4, 0.5) is 43.9 Å². The van der Waals surface area contributed by atoms with E-state index in [2.05, 4.69) is 27.7 Å². The zero-order valence-electron chi connectivity index (χ0n) is 18.1. The molecule has 0 aliphatic rings. The molecule has 33 heavy (non-hydrogen) atoms. The van der Waals surface area contributed by atoms with E-state index in [-0.39, 0.29) is 0 Å². The minimum atomic E-state index is -7.62. The highest BCUT2D eigenvalue weighted by molar-refractivity contribution is 8.13. The third-order valence-electron chi connectivity index (χ3n) is 4.75. The highest BCUT2D eigenvalue weighted by atomic mass is 32.3. The Morgan fingerprint density at radius 3 is 1.12 bits per heavy atom. The van der Waals surface area contributed by atoms with Gasteiger partial charge in [0.05, 0.1) is 24.6 Å². The summed E-state index contributed by atoms with van der Waals surface area (Å²) in [4.78, 5) is 0. The van der Waals surface area contributed by atoms with Crippen molar-refractivity contribution in [2.45, 2.75) is 69.8 Å². The first-order valence-electron chi connectivity index (χ1n) is 9.42. The Hall–Kier alpha value is -0.410. The van der Waals surface area contributed by atoms with Crippen molar-refractivity contribution in [1.29, 1.82) is 0 Å². The summed E-state index contributed by atoms with van der Waals surface area (Å²) >= 11 is 0. The van der Waals surface area contributed by atoms with Crippen LogP contribution in [0, 0.1) is 0 Å². The SMILES string of the molecule is CCCCC[P+](CC)(CC)CC.O=S(=O)([N-]S(=O)(=O)C(F)(F)C(F)(F)F)C(F)(F)C(F)(F)F. The van der Waals surface area contributed by atoms with Crippen LogP contribution < -0.4 is 0 Å². The van der Waals surface area contributed by atoms with Crippen molar-refractivity contribution in [3.05, 3.63) is 4.13 Å². The second-order valence-corrected chi connectivity index (χ2v) is 15.3. The van der Waals surface area contributed by atoms with E-state index in [1.807, 2.05) is 0 Å². The summed E-state index contributed by atoms with van der Waals surface area (Å²) in [5.41, 5.74) is 0. The second kappa shape index (κ2) is 12.0. The predicted octanol–water partition coefficient (Wildman–Crippen LogP) is 6.58. The molecule has 0 aromatic rings. The fourth-order valence-electron chi connectivity index (χ4n) is 2.36. The molecule has 0 radical (unpaired) electrons. The van der Waals surface area contributed by atoms with Crippen molar-refractivity contribution in [2.24, 2.45) is 0 Å². The number of rotatable bonds is 11. The summed E-state index contributed by atoms with van der Waals surface area (Å²) in [5.74, 6) is 0. The monoisotopic (exact) mass is 569 g/mol. The number of alkyl halides is 10. The zero-order valence-corrected chi connectivity index (χ0v) is 20.6. The number of unbranched alkanes of at least 4 members (excludes halogenated alkanes) is 2. The van der Waals surface area contributed by atoms with E-state index >= 15 is 0 Å². The number of hydrogen-bond donors (Lipinski definition) is 0. The zero-order chi connectivity index (χ0) is 27.2. The van der Waals surface area contributed by atoms with Gasteiger partial charge in [-0.05, 0) is 27.2 Å². The van der Waals surface area contributed by atoms with Gasteiger partial charge >= 0.3 is 22.9 Å². The van der Waals surface area contributed by atoms with Crippen molar-refractivity contribution in [2.75, 3.05) is 24.6 Å². The van der Waals surface area contributed by atoms with Crippen LogP contribution in [0.15, 0.2) is 0 Å². The van der Waals surface area contributed by atoms with E-state index in [9.17, 15) is 60.7 Å². The molecule has 18 heteroatoms. The van der Waals surface area contributed by atoms with E-state index in [4.69, 9.17) is 0 Å². The van der Waals surface area contributed by atoms with Crippen LogP contribution in [0.1, 0.15) is 47.0 Å². The fraction of sp³-hybridized carbons (Fsp3) is 1.00. The summed E-state index contributed by atoms with van der Waals surface area (Å²) in [6, 6.07) is 0. The average Bonchev–Trinajstić information content (AvgIpc) is 2.63. The Morgan fingerprint density at radius 1 is 0.606 bits per heavy atom. The van der Waals surface area contributed by atoms with Crippen LogP contribution in [0.25, 0.3) is 4.13 Å². The van der Waals surface area contributed by atoms with Crippen LogP contribution >= 0.6 is 7.26 Å². The Balaban J connectivity index is 0. The lowest BCUT2D eigenvalue weighted by Crippen LogP contribution is -2.48. The topological polar surface area (TPSA) is 82.4 Å². The molecule has 0 saturated carbocycles. The van der Waals surface area contributed by atoms with Crippen LogP contribution in [-0.2, 0) is 20.0 Å². The maximum atomic E-state index is 12.3. The first-order chi connectivity index (χ1) is 14.4. The van der Waals surface area contributed by atoms with Gasteiger partial charge in [-0.3, -0.25) is 0 Å². The first-order valence-corrected chi connectivity index (χ1v) is 14.8. The molecule has 202 valence electrons. The smallest absolute Gasteiger partial charge is 0.425 e. The molecule has 0 bridgehead atoms. The van der Waals surface area contributed by atoms with Gasteiger partial charge in [0.15, 0.2) is 20.0 Å². The molecule has 0 heterocycles. The van der Waals surface area contributed by atoms with Gasteiger partial charge in [-0.1, -0.05) is 19.8 Å². The van der Waals surface area contributed by atoms with E-state index in [1.165, 1.54) is 37.7 Å². The Labute approximate surface area is 187 Å². The molecular weight excluding hydrogens is 543 g/mol. The van der Waals surface area contributed by atoms with Crippen molar-refractivity contribution in [3.8, 4) is 0 Å². The molecule has 0 fully saturated rings. The molecule has 5 nitrogen and oxygen atoms in total. The lowest BCUT2D eigenvalue weighted by Gasteiger charge is -2.31. The lowest BCUT2D eigenvalue weighted by atomic mass is 10.3. The number of sulfonamides is 2. The van der Waals surface area contributed by atoms with Gasteiger partial charge in [0.1, 0.15) is 0 Å². The molecule has 0 aromatic heterocycles. The fourth-order valence-corrected chi connectivity index (χ4v) is 7.91. The maximum absolute atomic E-state index is 12.3. The quantitative estimate of drug-likeness (QED) is 0.160. The molecule has 0 aliphatic carbocycles. The molecule has 0 amide bonds. The number of hydrogen-bond acceptors (Lipinski definition) is 4. The maximum Gasteiger partial charge on any atom is 0.467 e. The molecule has 0 N–H and O–H groups in total. The molecule has 0 saturated heterocycles. The van der Waals surface area contributed by atoms with Gasteiger partial charge in [0.25, 0.3) is 0 Å². The van der Waals surface area contributed by atoms with Crippen molar-refractivity contribution in [3.63, 3.8) is 0 Å². The van der Waals surface area contributed by atoms with Gasteiger partial charge in [-0.15, -0.1) is 0 Å². The molecular formula is C15H26F10NO4PS2. The molecule has 0 unspecified atom stereocenters. The summed E-state index contributed by atoms with van der Waals surface area (Å²) in [7, 11) is -15.7. The Kier molecular flexibility index (Phi) is 12.7. The highest BCUT2D eigenvalue weighted by Gasteiger charge is 2.68. The average molecular weight is 569 g/mol. The normalized spacial score (nSPS) is 14.6. The molecule has 0 rings (SSSR count). The predicted molar refractivity (Wildman–Crippen MR) is 106 cm³/mol. The highest BCUT2D eigenvalue weighted by Crippen LogP contribution is 2.58. The Bertz CT molecular complexity index is 745. The van der Waals surface area contributed by atoms with Crippen molar-refractivity contribution < 1.29 is 60.7 Å². The number of halogens is 10. The van der Waals surface area contributed by atoms with Gasteiger partial charge in [0, 0.05) is 7.26 Å². The van der Waals surface area contributed by atoms with Crippen molar-refractivity contribution >= 4 is 27.3 Å². The van der Waals surface area contributed by atoms with E-state index in [1.54, 1.807) is 6.16 Å². The van der Waals surface area contributed by atoms with Gasteiger partial charge < -0.3 is 4.13 Å². The van der Waals surface area contributed by atoms with Crippen molar-refractivity contribution in [1.82, 2.24) is 0 Å². The summed E-state index contributed by atoms with van der Waals surface area (Å²) in [5, 5.41) is -14.0. The van der Waals surface area contributed by atoms with E-state index in [0.717, 1.165) is 0 Å². The third-order valence-corrected chi connectivity index (χ3v) is 13.4. The minimum Gasteiger partial charge on any atom is -0.425 e. The summed E-state index contributed by atoms with van der Waals surface area (Å²) in [6.45, 7) is 9.48. The van der Waals surface area contributed by atoms with Crippen LogP contribution in [-0.4, -0.2) is 64.3 Å². The third kappa shape index (κ3) is 8.64. The van der Waals surface area contributed by atoms with Gasteiger partial charge in [0.2, 0.25) is 0 Å². The molecule has 0 spiro atoms. The minimum absolute atomic E-state index is 0.422. The first kappa shape index (κ1) is 34.8. The lowest BCUT2D eigenvalue weighted by molar-refractivity contribution is -0.241. The molecule has 0 atom stereocenters. The van der Waals surface area contributed by atoms with Crippen LogP contribution in [0.3, 0.4) is 0 Å². The molecule has 0 aromatic carbocycles. The number of nitrogens with zero attached hydrogens (tertiary/aromatic N) is 1. The second-order valence-electron chi connectivity index (χ2n) is 6.77. The van der Waals surface area contributed by atoms with Gasteiger partial charge in [-0.25, -0.2) is 16.8 Å². The Morgan fingerprint density at radius 2 is 0.909 bits per heavy atom. The van der Waals surface area contributed by atoms with Gasteiger partial charge in [-0.2, -0.15) is 43.9 Å². The summed E-state index contributed by atoms with van der Waals surface area (Å²) < 4.78 is 161.